The van der Waals surface area contributed by atoms with Gasteiger partial charge in [-0.3, -0.25) is 4.79 Å². The van der Waals surface area contributed by atoms with Crippen molar-refractivity contribution in [1.29, 1.82) is 0 Å². The first-order valence-corrected chi connectivity index (χ1v) is 8.38. The summed E-state index contributed by atoms with van der Waals surface area (Å²) in [7, 11) is 0. The number of hydrogen-bond donors (Lipinski definition) is 2. The molecule has 0 saturated heterocycles. The Labute approximate surface area is 143 Å². The van der Waals surface area contributed by atoms with Gasteiger partial charge < -0.3 is 10.1 Å². The minimum atomic E-state index is -0.820. The van der Waals surface area contributed by atoms with Gasteiger partial charge in [-0.15, -0.1) is 0 Å². The van der Waals surface area contributed by atoms with Gasteiger partial charge in [-0.05, 0) is 34.7 Å². The van der Waals surface area contributed by atoms with Gasteiger partial charge in [-0.1, -0.05) is 60.1 Å². The Hall–Kier alpha value is -2.07. The molecule has 0 unspecified atom stereocenters. The van der Waals surface area contributed by atoms with E-state index in [0.717, 1.165) is 32.2 Å². The molecule has 2 N–H and O–H groups in total. The van der Waals surface area contributed by atoms with Crippen molar-refractivity contribution in [3.05, 3.63) is 58.1 Å². The number of carboxylic acid groups (broad SMARTS) is 1. The molecule has 0 bridgehead atoms. The molecule has 4 heteroatoms. The first-order valence-electron chi connectivity index (χ1n) is 7.58. The lowest BCUT2D eigenvalue weighted by molar-refractivity contribution is -0.136. The van der Waals surface area contributed by atoms with Crippen molar-refractivity contribution in [1.82, 2.24) is 4.98 Å². The molecule has 3 rings (SSSR count). The number of H-pyrrole nitrogens is 1. The Morgan fingerprint density at radius 2 is 1.87 bits per heavy atom. The Balaban J connectivity index is 2.29. The molecule has 0 atom stereocenters. The third-order valence-electron chi connectivity index (χ3n) is 4.06. The van der Waals surface area contributed by atoms with E-state index in [2.05, 4.69) is 40.8 Å². The van der Waals surface area contributed by atoms with Crippen molar-refractivity contribution in [3.63, 3.8) is 0 Å². The zero-order chi connectivity index (χ0) is 16.6. The molecular formula is C19H18BrNO2. The van der Waals surface area contributed by atoms with E-state index < -0.39 is 5.97 Å². The summed E-state index contributed by atoms with van der Waals surface area (Å²) in [4.78, 5) is 14.8. The molecule has 23 heavy (non-hydrogen) atoms. The number of aromatic nitrogens is 1. The topological polar surface area (TPSA) is 53.1 Å². The standard InChI is InChI=1S/C19H18BrNO2/c1-11(2)14-4-3-5-15-16(10-17(22)23)18(21-19(14)15)12-6-8-13(20)9-7-12/h3-9,11,21H,10H2,1-2H3,(H,22,23). The average molecular weight is 372 g/mol. The number of rotatable bonds is 4. The van der Waals surface area contributed by atoms with Crippen LogP contribution in [0.1, 0.15) is 30.9 Å². The molecule has 2 aromatic carbocycles. The molecule has 0 radical (unpaired) electrons. The van der Waals surface area contributed by atoms with Gasteiger partial charge in [0.15, 0.2) is 0 Å². The SMILES string of the molecule is CC(C)c1cccc2c(CC(=O)O)c(-c3ccc(Br)cc3)[nH]c12. The van der Waals surface area contributed by atoms with Gasteiger partial charge in [-0.2, -0.15) is 0 Å². The molecule has 0 aliphatic heterocycles. The monoisotopic (exact) mass is 371 g/mol. The minimum absolute atomic E-state index is 0.00689. The van der Waals surface area contributed by atoms with Crippen LogP contribution in [0.2, 0.25) is 0 Å². The molecule has 1 heterocycles. The van der Waals surface area contributed by atoms with Gasteiger partial charge in [0, 0.05) is 15.4 Å². The lowest BCUT2D eigenvalue weighted by Gasteiger charge is -2.06. The summed E-state index contributed by atoms with van der Waals surface area (Å²) in [5, 5.41) is 10.3. The van der Waals surface area contributed by atoms with Crippen LogP contribution in [0.5, 0.6) is 0 Å². The summed E-state index contributed by atoms with van der Waals surface area (Å²) in [6.07, 6.45) is 0.00689. The Morgan fingerprint density at radius 1 is 1.17 bits per heavy atom. The number of hydrogen-bond acceptors (Lipinski definition) is 1. The fraction of sp³-hybridized carbons (Fsp3) is 0.211. The lowest BCUT2D eigenvalue weighted by Crippen LogP contribution is -2.00. The van der Waals surface area contributed by atoms with Crippen LogP contribution in [-0.2, 0) is 11.2 Å². The smallest absolute Gasteiger partial charge is 0.307 e. The van der Waals surface area contributed by atoms with Gasteiger partial charge in [-0.25, -0.2) is 0 Å². The predicted molar refractivity (Wildman–Crippen MR) is 96.9 cm³/mol. The maximum atomic E-state index is 11.3. The van der Waals surface area contributed by atoms with Gasteiger partial charge in [0.05, 0.1) is 12.1 Å². The quantitative estimate of drug-likeness (QED) is 0.649. The van der Waals surface area contributed by atoms with Crippen molar-refractivity contribution in [2.45, 2.75) is 26.2 Å². The van der Waals surface area contributed by atoms with Gasteiger partial charge in [0.25, 0.3) is 0 Å². The van der Waals surface area contributed by atoms with Crippen LogP contribution < -0.4 is 0 Å². The highest BCUT2D eigenvalue weighted by atomic mass is 79.9. The van der Waals surface area contributed by atoms with E-state index in [1.165, 1.54) is 5.56 Å². The molecule has 0 fully saturated rings. The van der Waals surface area contributed by atoms with E-state index in [9.17, 15) is 9.90 Å². The van der Waals surface area contributed by atoms with Gasteiger partial charge in [0.2, 0.25) is 0 Å². The Bertz CT molecular complexity index is 863. The van der Waals surface area contributed by atoms with Crippen LogP contribution in [0.4, 0.5) is 0 Å². The fourth-order valence-corrected chi connectivity index (χ4v) is 3.24. The second-order valence-corrected chi connectivity index (χ2v) is 6.90. The summed E-state index contributed by atoms with van der Waals surface area (Å²) < 4.78 is 1.00. The Morgan fingerprint density at radius 3 is 2.48 bits per heavy atom. The second kappa shape index (κ2) is 6.20. The van der Waals surface area contributed by atoms with Crippen molar-refractivity contribution < 1.29 is 9.90 Å². The van der Waals surface area contributed by atoms with Crippen molar-refractivity contribution >= 4 is 32.8 Å². The molecule has 118 valence electrons. The van der Waals surface area contributed by atoms with Crippen molar-refractivity contribution in [2.75, 3.05) is 0 Å². The highest BCUT2D eigenvalue weighted by Crippen LogP contribution is 2.35. The fourth-order valence-electron chi connectivity index (χ4n) is 2.98. The number of nitrogens with one attached hydrogen (secondary N) is 1. The maximum absolute atomic E-state index is 11.3. The summed E-state index contributed by atoms with van der Waals surface area (Å²) in [6.45, 7) is 4.29. The number of benzene rings is 2. The normalized spacial score (nSPS) is 11.3. The largest absolute Gasteiger partial charge is 0.481 e. The second-order valence-electron chi connectivity index (χ2n) is 5.98. The first-order chi connectivity index (χ1) is 11.0. The first kappa shape index (κ1) is 15.8. The summed E-state index contributed by atoms with van der Waals surface area (Å²) in [5.41, 5.74) is 4.98. The molecule has 0 aliphatic rings. The average Bonchev–Trinajstić information content (AvgIpc) is 2.86. The van der Waals surface area contributed by atoms with Crippen LogP contribution in [0.3, 0.4) is 0 Å². The molecule has 3 aromatic rings. The molecule has 1 aromatic heterocycles. The number of fused-ring (bicyclic) bond motifs is 1. The Kier molecular flexibility index (Phi) is 4.26. The van der Waals surface area contributed by atoms with Crippen molar-refractivity contribution in [2.24, 2.45) is 0 Å². The van der Waals surface area contributed by atoms with Crippen LogP contribution in [0.15, 0.2) is 46.9 Å². The van der Waals surface area contributed by atoms with Crippen molar-refractivity contribution in [3.8, 4) is 11.3 Å². The molecule has 0 saturated carbocycles. The molecule has 0 spiro atoms. The van der Waals surface area contributed by atoms with Crippen LogP contribution in [-0.4, -0.2) is 16.1 Å². The minimum Gasteiger partial charge on any atom is -0.481 e. The number of carboxylic acids is 1. The van der Waals surface area contributed by atoms with Gasteiger partial charge in [0.1, 0.15) is 0 Å². The zero-order valence-electron chi connectivity index (χ0n) is 13.1. The number of aromatic amines is 1. The number of aliphatic carboxylic acids is 1. The third-order valence-corrected chi connectivity index (χ3v) is 4.59. The maximum Gasteiger partial charge on any atom is 0.307 e. The highest BCUT2D eigenvalue weighted by Gasteiger charge is 2.18. The summed E-state index contributed by atoms with van der Waals surface area (Å²) in [6, 6.07) is 14.0. The number of carbonyl (C=O) groups is 1. The number of para-hydroxylation sites is 1. The van der Waals surface area contributed by atoms with Crippen LogP contribution >= 0.6 is 15.9 Å². The number of halogens is 1. The van der Waals surface area contributed by atoms with E-state index in [0.29, 0.717) is 5.92 Å². The van der Waals surface area contributed by atoms with Crippen LogP contribution in [0.25, 0.3) is 22.2 Å². The van der Waals surface area contributed by atoms with Crippen LogP contribution in [0, 0.1) is 0 Å². The summed E-state index contributed by atoms with van der Waals surface area (Å²) in [5.74, 6) is -0.452. The molecular weight excluding hydrogens is 354 g/mol. The lowest BCUT2D eigenvalue weighted by atomic mass is 9.98. The van der Waals surface area contributed by atoms with E-state index in [4.69, 9.17) is 0 Å². The highest BCUT2D eigenvalue weighted by molar-refractivity contribution is 9.10. The third kappa shape index (κ3) is 3.04. The van der Waals surface area contributed by atoms with Gasteiger partial charge >= 0.3 is 5.97 Å². The van der Waals surface area contributed by atoms with E-state index >= 15 is 0 Å². The summed E-state index contributed by atoms with van der Waals surface area (Å²) >= 11 is 3.44. The molecule has 0 amide bonds. The van der Waals surface area contributed by atoms with E-state index in [1.54, 1.807) is 0 Å². The van der Waals surface area contributed by atoms with E-state index in [1.807, 2.05) is 36.4 Å². The zero-order valence-corrected chi connectivity index (χ0v) is 14.6. The molecule has 0 aliphatic carbocycles. The van der Waals surface area contributed by atoms with E-state index in [-0.39, 0.29) is 6.42 Å². The predicted octanol–water partition coefficient (Wildman–Crippen LogP) is 5.35. The molecule has 3 nitrogen and oxygen atoms in total.